The molecule has 2 aromatic carbocycles. The zero-order valence-electron chi connectivity index (χ0n) is 19.0. The van der Waals surface area contributed by atoms with Gasteiger partial charge in [0, 0.05) is 28.4 Å². The number of hydrogen-bond acceptors (Lipinski definition) is 5. The summed E-state index contributed by atoms with van der Waals surface area (Å²) in [5.74, 6) is 1.26. The second-order valence-electron chi connectivity index (χ2n) is 7.48. The van der Waals surface area contributed by atoms with Gasteiger partial charge in [-0.05, 0) is 61.7 Å². The van der Waals surface area contributed by atoms with Crippen LogP contribution in [0.3, 0.4) is 0 Å². The van der Waals surface area contributed by atoms with Crippen molar-refractivity contribution < 1.29 is 14.3 Å². The Balaban J connectivity index is 1.67. The quantitative estimate of drug-likeness (QED) is 0.380. The normalized spacial score (nSPS) is 11.0. The highest BCUT2D eigenvalue weighted by Gasteiger charge is 2.21. The second kappa shape index (κ2) is 9.04. The lowest BCUT2D eigenvalue weighted by Gasteiger charge is -2.09. The van der Waals surface area contributed by atoms with Crippen molar-refractivity contribution in [3.8, 4) is 22.8 Å². The van der Waals surface area contributed by atoms with Crippen LogP contribution in [-0.2, 0) is 13.0 Å². The summed E-state index contributed by atoms with van der Waals surface area (Å²) in [4.78, 5) is 17.9. The van der Waals surface area contributed by atoms with E-state index in [0.717, 1.165) is 34.1 Å². The second-order valence-corrected chi connectivity index (χ2v) is 8.34. The first kappa shape index (κ1) is 21.9. The van der Waals surface area contributed by atoms with Crippen molar-refractivity contribution in [3.05, 3.63) is 58.6 Å². The van der Waals surface area contributed by atoms with Crippen LogP contribution in [0.1, 0.15) is 35.5 Å². The third-order valence-corrected chi connectivity index (χ3v) is 6.49. The lowest BCUT2D eigenvalue weighted by Crippen LogP contribution is -2.17. The van der Waals surface area contributed by atoms with Gasteiger partial charge in [-0.3, -0.25) is 10.1 Å². The van der Waals surface area contributed by atoms with Gasteiger partial charge in [0.05, 0.1) is 19.9 Å². The number of nitrogens with zero attached hydrogens (tertiary/aromatic N) is 2. The fraction of sp³-hybridized carbons (Fsp3) is 0.280. The first-order valence-corrected chi connectivity index (χ1v) is 11.5. The fourth-order valence-corrected chi connectivity index (χ4v) is 4.74. The lowest BCUT2D eigenvalue weighted by atomic mass is 10.1. The van der Waals surface area contributed by atoms with Crippen molar-refractivity contribution in [2.45, 2.75) is 33.7 Å². The Bertz CT molecular complexity index is 1290. The van der Waals surface area contributed by atoms with E-state index in [1.807, 2.05) is 30.5 Å². The number of aromatic nitrogens is 2. The van der Waals surface area contributed by atoms with Crippen molar-refractivity contribution in [2.75, 3.05) is 19.5 Å². The number of thiazole rings is 1. The van der Waals surface area contributed by atoms with Crippen molar-refractivity contribution in [3.63, 3.8) is 0 Å². The molecule has 0 fully saturated rings. The van der Waals surface area contributed by atoms with Crippen LogP contribution in [0.2, 0.25) is 0 Å². The van der Waals surface area contributed by atoms with Crippen molar-refractivity contribution in [2.24, 2.45) is 0 Å². The smallest absolute Gasteiger partial charge is 0.274 e. The Morgan fingerprint density at radius 1 is 1.12 bits per heavy atom. The summed E-state index contributed by atoms with van der Waals surface area (Å²) in [6.45, 7) is 6.91. The molecule has 0 aliphatic heterocycles. The zero-order valence-corrected chi connectivity index (χ0v) is 19.8. The van der Waals surface area contributed by atoms with Crippen LogP contribution < -0.4 is 14.8 Å². The maximum atomic E-state index is 13.3. The molecule has 0 saturated carbocycles. The summed E-state index contributed by atoms with van der Waals surface area (Å²) in [6, 6.07) is 12.0. The molecule has 1 N–H and O–H groups in total. The van der Waals surface area contributed by atoms with Gasteiger partial charge in [-0.2, -0.15) is 0 Å². The van der Waals surface area contributed by atoms with Crippen molar-refractivity contribution in [1.82, 2.24) is 9.55 Å². The van der Waals surface area contributed by atoms with Crippen LogP contribution in [-0.4, -0.2) is 29.7 Å². The fourth-order valence-electron chi connectivity index (χ4n) is 4.04. The van der Waals surface area contributed by atoms with E-state index in [9.17, 15) is 4.79 Å². The van der Waals surface area contributed by atoms with Gasteiger partial charge in [-0.15, -0.1) is 11.3 Å². The number of rotatable bonds is 7. The third kappa shape index (κ3) is 3.84. The van der Waals surface area contributed by atoms with Crippen LogP contribution in [0.25, 0.3) is 22.2 Å². The minimum absolute atomic E-state index is 0.155. The molecule has 0 saturated heterocycles. The van der Waals surface area contributed by atoms with Crippen LogP contribution in [0.5, 0.6) is 11.5 Å². The van der Waals surface area contributed by atoms with Crippen molar-refractivity contribution >= 4 is 33.3 Å². The Morgan fingerprint density at radius 3 is 2.62 bits per heavy atom. The average molecular weight is 450 g/mol. The molecule has 1 amide bonds. The summed E-state index contributed by atoms with van der Waals surface area (Å²) in [7, 11) is 3.24. The molecule has 32 heavy (non-hydrogen) atoms. The first-order valence-electron chi connectivity index (χ1n) is 10.6. The maximum absolute atomic E-state index is 13.3. The number of ether oxygens (including phenoxy) is 2. The molecular formula is C25H27N3O3S. The number of aryl methyl sites for hydroxylation is 3. The molecule has 0 aliphatic carbocycles. The van der Waals surface area contributed by atoms with Gasteiger partial charge in [0.1, 0.15) is 17.2 Å². The molecule has 2 aromatic heterocycles. The third-order valence-electron chi connectivity index (χ3n) is 5.73. The van der Waals surface area contributed by atoms with E-state index >= 15 is 0 Å². The Morgan fingerprint density at radius 2 is 1.94 bits per heavy atom. The van der Waals surface area contributed by atoms with Crippen LogP contribution in [0, 0.1) is 6.92 Å². The van der Waals surface area contributed by atoms with E-state index in [4.69, 9.17) is 9.47 Å². The molecule has 4 rings (SSSR count). The number of methoxy groups -OCH3 is 2. The summed E-state index contributed by atoms with van der Waals surface area (Å²) in [6.07, 6.45) is 0.962. The topological polar surface area (TPSA) is 65.4 Å². The lowest BCUT2D eigenvalue weighted by molar-refractivity contribution is 0.101. The van der Waals surface area contributed by atoms with E-state index in [2.05, 4.69) is 46.9 Å². The van der Waals surface area contributed by atoms with Crippen LogP contribution in [0.15, 0.2) is 41.8 Å². The summed E-state index contributed by atoms with van der Waals surface area (Å²) in [5, 5.41) is 6.56. The predicted molar refractivity (Wildman–Crippen MR) is 130 cm³/mol. The number of hydrogen-bond donors (Lipinski definition) is 1. The highest BCUT2D eigenvalue weighted by molar-refractivity contribution is 7.14. The van der Waals surface area contributed by atoms with Gasteiger partial charge in [0.25, 0.3) is 5.91 Å². The van der Waals surface area contributed by atoms with E-state index < -0.39 is 0 Å². The molecule has 7 heteroatoms. The van der Waals surface area contributed by atoms with Gasteiger partial charge in [0.15, 0.2) is 5.13 Å². The Labute approximate surface area is 191 Å². The largest absolute Gasteiger partial charge is 0.497 e. The molecule has 0 atom stereocenters. The average Bonchev–Trinajstić information content (AvgIpc) is 3.40. The number of carbonyl (C=O) groups excluding carboxylic acids is 1. The Hall–Kier alpha value is -3.32. The highest BCUT2D eigenvalue weighted by atomic mass is 32.1. The number of nitrogens with one attached hydrogen (secondary N) is 1. The molecule has 2 heterocycles. The summed E-state index contributed by atoms with van der Waals surface area (Å²) >= 11 is 1.38. The molecule has 0 aliphatic rings. The van der Waals surface area contributed by atoms with Gasteiger partial charge in [-0.1, -0.05) is 13.0 Å². The van der Waals surface area contributed by atoms with E-state index in [1.165, 1.54) is 16.9 Å². The standard InChI is InChI=1S/C25H27N3O3S/c1-6-16-8-10-21-18(12-16)15(3)23(28(21)7-2)24(29)27-25-26-20(14-32-25)19-13-17(30-4)9-11-22(19)31-5/h8-14H,6-7H2,1-5H3,(H,26,27,29). The van der Waals surface area contributed by atoms with E-state index in [0.29, 0.717) is 28.9 Å². The predicted octanol–water partition coefficient (Wildman–Crippen LogP) is 5.93. The first-order chi connectivity index (χ1) is 15.5. The molecular weight excluding hydrogens is 422 g/mol. The molecule has 0 bridgehead atoms. The monoisotopic (exact) mass is 449 g/mol. The minimum atomic E-state index is -0.155. The van der Waals surface area contributed by atoms with Crippen LogP contribution in [0.4, 0.5) is 5.13 Å². The van der Waals surface area contributed by atoms with E-state index in [-0.39, 0.29) is 5.91 Å². The molecule has 6 nitrogen and oxygen atoms in total. The molecule has 0 radical (unpaired) electrons. The maximum Gasteiger partial charge on any atom is 0.274 e. The summed E-state index contributed by atoms with van der Waals surface area (Å²) in [5.41, 5.74) is 5.54. The summed E-state index contributed by atoms with van der Waals surface area (Å²) < 4.78 is 12.9. The van der Waals surface area contributed by atoms with Crippen molar-refractivity contribution in [1.29, 1.82) is 0 Å². The number of benzene rings is 2. The highest BCUT2D eigenvalue weighted by Crippen LogP contribution is 2.35. The number of amides is 1. The Kier molecular flexibility index (Phi) is 6.19. The SMILES string of the molecule is CCc1ccc2c(c1)c(C)c(C(=O)Nc1nc(-c3cc(OC)ccc3OC)cs1)n2CC. The molecule has 4 aromatic rings. The number of anilines is 1. The van der Waals surface area contributed by atoms with Gasteiger partial charge >= 0.3 is 0 Å². The molecule has 0 spiro atoms. The number of carbonyl (C=O) groups is 1. The van der Waals surface area contributed by atoms with E-state index in [1.54, 1.807) is 14.2 Å². The minimum Gasteiger partial charge on any atom is -0.497 e. The van der Waals surface area contributed by atoms with Crippen LogP contribution >= 0.6 is 11.3 Å². The molecule has 0 unspecified atom stereocenters. The van der Waals surface area contributed by atoms with Gasteiger partial charge in [0.2, 0.25) is 0 Å². The number of fused-ring (bicyclic) bond motifs is 1. The molecule has 166 valence electrons. The zero-order chi connectivity index (χ0) is 22.8. The van der Waals surface area contributed by atoms with Gasteiger partial charge < -0.3 is 14.0 Å². The van der Waals surface area contributed by atoms with Gasteiger partial charge in [-0.25, -0.2) is 4.98 Å².